The number of sulfonamides is 2. The van der Waals surface area contributed by atoms with Crippen molar-refractivity contribution in [2.24, 2.45) is 0 Å². The van der Waals surface area contributed by atoms with Crippen LogP contribution in [0.25, 0.3) is 6.08 Å². The van der Waals surface area contributed by atoms with Gasteiger partial charge in [0, 0.05) is 36.0 Å². The van der Waals surface area contributed by atoms with Crippen molar-refractivity contribution in [2.45, 2.75) is 56.5 Å². The quantitative estimate of drug-likeness (QED) is 0.408. The first-order chi connectivity index (χ1) is 18.4. The third kappa shape index (κ3) is 7.27. The highest BCUT2D eigenvalue weighted by Crippen LogP contribution is 2.24. The summed E-state index contributed by atoms with van der Waals surface area (Å²) in [5.41, 5.74) is 0.250. The van der Waals surface area contributed by atoms with Crippen LogP contribution in [0.4, 0.5) is 0 Å². The molecule has 16 heteroatoms. The number of likely N-dealkylation sites (tertiary alicyclic amines) is 2. The predicted octanol–water partition coefficient (Wildman–Crippen LogP) is 1.86. The lowest BCUT2D eigenvalue weighted by Crippen LogP contribution is -2.55. The molecule has 0 bridgehead atoms. The Kier molecular flexibility index (Phi) is 9.18. The first kappa shape index (κ1) is 29.7. The van der Waals surface area contributed by atoms with Crippen LogP contribution in [0.3, 0.4) is 0 Å². The molecule has 2 amide bonds. The standard InChI is InChI=1S/C23H30ClN5O7S3/c1-15-22(16(2)36-26-15)39(34,35)25-13-17-5-3-11-29(17)21(30)14-28-10-4-6-19(23(28)31)27-38(32,33)12-9-18-7-8-20(24)37-18/h7-9,12,17,19,25,27H,3-6,10-11,13-14H2,1-2H3/b12-9+/t17-,19+/m1/s1. The Bertz CT molecular complexity index is 1450. The molecule has 0 aliphatic carbocycles. The van der Waals surface area contributed by atoms with Gasteiger partial charge in [0.2, 0.25) is 31.9 Å². The highest BCUT2D eigenvalue weighted by Gasteiger charge is 2.36. The molecular formula is C23H30ClN5O7S3. The number of thiophene rings is 1. The van der Waals surface area contributed by atoms with Gasteiger partial charge in [0.05, 0.1) is 10.9 Å². The van der Waals surface area contributed by atoms with E-state index in [-0.39, 0.29) is 41.4 Å². The van der Waals surface area contributed by atoms with Gasteiger partial charge in [-0.2, -0.15) is 4.72 Å². The van der Waals surface area contributed by atoms with Gasteiger partial charge in [0.25, 0.3) is 0 Å². The van der Waals surface area contributed by atoms with Crippen LogP contribution in [-0.4, -0.2) is 81.9 Å². The Morgan fingerprint density at radius 2 is 1.95 bits per heavy atom. The molecule has 4 rings (SSSR count). The van der Waals surface area contributed by atoms with E-state index in [9.17, 15) is 26.4 Å². The summed E-state index contributed by atoms with van der Waals surface area (Å²) < 4.78 is 61.1. The molecule has 214 valence electrons. The van der Waals surface area contributed by atoms with Crippen molar-refractivity contribution >= 4 is 60.9 Å². The molecule has 2 atom stereocenters. The maximum atomic E-state index is 13.2. The van der Waals surface area contributed by atoms with Crippen LogP contribution in [0.5, 0.6) is 0 Å². The van der Waals surface area contributed by atoms with Crippen molar-refractivity contribution in [1.82, 2.24) is 24.4 Å². The van der Waals surface area contributed by atoms with E-state index in [4.69, 9.17) is 16.1 Å². The summed E-state index contributed by atoms with van der Waals surface area (Å²) in [6, 6.07) is 1.98. The molecule has 0 spiro atoms. The normalized spacial score (nSPS) is 20.8. The minimum absolute atomic E-state index is 0.0102. The number of carbonyl (C=O) groups excluding carboxylic acids is 2. The van der Waals surface area contributed by atoms with Crippen molar-refractivity contribution in [1.29, 1.82) is 0 Å². The molecule has 0 unspecified atom stereocenters. The van der Waals surface area contributed by atoms with Crippen LogP contribution in [0.1, 0.15) is 42.0 Å². The number of rotatable bonds is 10. The van der Waals surface area contributed by atoms with Gasteiger partial charge in [0.15, 0.2) is 5.76 Å². The maximum absolute atomic E-state index is 13.2. The SMILES string of the molecule is Cc1noc(C)c1S(=O)(=O)NC[C@H]1CCCN1C(=O)CN1CCC[C@H](NS(=O)(=O)/C=C/c2ccc(Cl)s2)C1=O. The second-order valence-corrected chi connectivity index (χ2v) is 14.5. The zero-order chi connectivity index (χ0) is 28.4. The Morgan fingerprint density at radius 1 is 1.21 bits per heavy atom. The number of amides is 2. The molecule has 4 heterocycles. The molecule has 0 saturated carbocycles. The second-order valence-electron chi connectivity index (χ2n) is 9.45. The van der Waals surface area contributed by atoms with Crippen LogP contribution >= 0.6 is 22.9 Å². The second kappa shape index (κ2) is 12.1. The highest BCUT2D eigenvalue weighted by atomic mass is 35.5. The number of hydrogen-bond donors (Lipinski definition) is 2. The summed E-state index contributed by atoms with van der Waals surface area (Å²) in [6.07, 6.45) is 3.55. The van der Waals surface area contributed by atoms with Gasteiger partial charge >= 0.3 is 0 Å². The topological polar surface area (TPSA) is 159 Å². The minimum Gasteiger partial charge on any atom is -0.360 e. The Labute approximate surface area is 236 Å². The van der Waals surface area contributed by atoms with Gasteiger partial charge in [-0.3, -0.25) is 9.59 Å². The zero-order valence-electron chi connectivity index (χ0n) is 21.4. The molecule has 2 aliphatic rings. The zero-order valence-corrected chi connectivity index (χ0v) is 24.6. The number of piperidine rings is 1. The Hall–Kier alpha value is -2.30. The number of aryl methyl sites for hydroxylation is 2. The van der Waals surface area contributed by atoms with Crippen molar-refractivity contribution in [3.63, 3.8) is 0 Å². The maximum Gasteiger partial charge on any atom is 0.246 e. The van der Waals surface area contributed by atoms with E-state index in [1.165, 1.54) is 36.2 Å². The van der Waals surface area contributed by atoms with Crippen molar-refractivity contribution < 1.29 is 30.9 Å². The summed E-state index contributed by atoms with van der Waals surface area (Å²) in [4.78, 5) is 29.8. The van der Waals surface area contributed by atoms with E-state index in [2.05, 4.69) is 14.6 Å². The fourth-order valence-electron chi connectivity index (χ4n) is 4.79. The highest BCUT2D eigenvalue weighted by molar-refractivity contribution is 7.92. The molecule has 2 aliphatic heterocycles. The number of hydrogen-bond acceptors (Lipinski definition) is 9. The lowest BCUT2D eigenvalue weighted by atomic mass is 10.1. The molecule has 2 saturated heterocycles. The Balaban J connectivity index is 1.34. The monoisotopic (exact) mass is 619 g/mol. The lowest BCUT2D eigenvalue weighted by molar-refractivity contribution is -0.143. The third-order valence-corrected chi connectivity index (χ3v) is 10.6. The molecular weight excluding hydrogens is 590 g/mol. The number of nitrogens with zero attached hydrogens (tertiary/aromatic N) is 3. The van der Waals surface area contributed by atoms with Crippen molar-refractivity contribution in [3.05, 3.63) is 38.2 Å². The molecule has 2 fully saturated rings. The minimum atomic E-state index is -3.91. The molecule has 2 aromatic rings. The Morgan fingerprint density at radius 3 is 2.62 bits per heavy atom. The summed E-state index contributed by atoms with van der Waals surface area (Å²) in [5, 5.41) is 4.67. The van der Waals surface area contributed by atoms with Gasteiger partial charge in [0.1, 0.15) is 16.6 Å². The molecule has 39 heavy (non-hydrogen) atoms. The average Bonchev–Trinajstić information content (AvgIpc) is 3.59. The number of nitrogens with one attached hydrogen (secondary N) is 2. The molecule has 0 aromatic carbocycles. The van der Waals surface area contributed by atoms with Gasteiger partial charge < -0.3 is 14.3 Å². The fourth-order valence-corrected chi connectivity index (χ4v) is 8.25. The molecule has 0 radical (unpaired) electrons. The van der Waals surface area contributed by atoms with Crippen LogP contribution in [0, 0.1) is 13.8 Å². The van der Waals surface area contributed by atoms with E-state index in [0.717, 1.165) is 5.41 Å². The summed E-state index contributed by atoms with van der Waals surface area (Å²) >= 11 is 7.09. The lowest BCUT2D eigenvalue weighted by Gasteiger charge is -2.34. The average molecular weight is 620 g/mol. The number of carbonyl (C=O) groups is 2. The van der Waals surface area contributed by atoms with Gasteiger partial charge in [-0.25, -0.2) is 21.6 Å². The number of aromatic nitrogens is 1. The van der Waals surface area contributed by atoms with Crippen LogP contribution in [0.2, 0.25) is 4.34 Å². The van der Waals surface area contributed by atoms with E-state index < -0.39 is 32.0 Å². The van der Waals surface area contributed by atoms with E-state index in [1.54, 1.807) is 17.0 Å². The third-order valence-electron chi connectivity index (χ3n) is 6.61. The fraction of sp³-hybridized carbons (Fsp3) is 0.522. The molecule has 2 N–H and O–H groups in total. The molecule has 2 aromatic heterocycles. The van der Waals surface area contributed by atoms with Crippen LogP contribution in [-0.2, 0) is 29.6 Å². The largest absolute Gasteiger partial charge is 0.360 e. The van der Waals surface area contributed by atoms with E-state index in [0.29, 0.717) is 48.0 Å². The van der Waals surface area contributed by atoms with Gasteiger partial charge in [-0.15, -0.1) is 11.3 Å². The molecule has 12 nitrogen and oxygen atoms in total. The number of halogens is 1. The van der Waals surface area contributed by atoms with E-state index >= 15 is 0 Å². The predicted molar refractivity (Wildman–Crippen MR) is 146 cm³/mol. The summed E-state index contributed by atoms with van der Waals surface area (Å²) in [5.74, 6) is -0.611. The van der Waals surface area contributed by atoms with Gasteiger partial charge in [-0.1, -0.05) is 16.8 Å². The van der Waals surface area contributed by atoms with Crippen LogP contribution < -0.4 is 9.44 Å². The van der Waals surface area contributed by atoms with Crippen molar-refractivity contribution in [2.75, 3.05) is 26.2 Å². The van der Waals surface area contributed by atoms with Crippen LogP contribution in [0.15, 0.2) is 27.0 Å². The first-order valence-corrected chi connectivity index (χ1v) is 16.6. The summed E-state index contributed by atoms with van der Waals surface area (Å²) in [7, 11) is -7.79. The van der Waals surface area contributed by atoms with Crippen molar-refractivity contribution in [3.8, 4) is 0 Å². The smallest absolute Gasteiger partial charge is 0.246 e. The van der Waals surface area contributed by atoms with E-state index in [1.807, 2.05) is 0 Å². The summed E-state index contributed by atoms with van der Waals surface area (Å²) in [6.45, 7) is 3.61. The first-order valence-electron chi connectivity index (χ1n) is 12.3. The van der Waals surface area contributed by atoms with Gasteiger partial charge in [-0.05, 0) is 57.7 Å².